The summed E-state index contributed by atoms with van der Waals surface area (Å²) in [5.41, 5.74) is 5.92. The summed E-state index contributed by atoms with van der Waals surface area (Å²) in [4.78, 5) is 2.16. The Kier molecular flexibility index (Phi) is 3.27. The summed E-state index contributed by atoms with van der Waals surface area (Å²) < 4.78 is 40.2. The minimum absolute atomic E-state index is 0.175. The molecule has 3 rings (SSSR count). The van der Waals surface area contributed by atoms with Crippen LogP contribution in [0, 0.1) is 23.4 Å². The molecule has 3 unspecified atom stereocenters. The second-order valence-corrected chi connectivity index (χ2v) is 5.57. The summed E-state index contributed by atoms with van der Waals surface area (Å²) in [6.45, 7) is 1.09. The average Bonchev–Trinajstić information content (AvgIpc) is 2.99. The van der Waals surface area contributed by atoms with Gasteiger partial charge in [0.1, 0.15) is 5.82 Å². The number of halogens is 3. The molecular formula is C14H17F3N2. The van der Waals surface area contributed by atoms with Gasteiger partial charge in [0.05, 0.1) is 6.04 Å². The lowest BCUT2D eigenvalue weighted by Crippen LogP contribution is -2.39. The van der Waals surface area contributed by atoms with E-state index in [1.807, 2.05) is 0 Å². The molecule has 3 atom stereocenters. The van der Waals surface area contributed by atoms with Crippen LogP contribution in [-0.4, -0.2) is 24.0 Å². The fourth-order valence-corrected chi connectivity index (χ4v) is 3.58. The molecule has 1 saturated heterocycles. The smallest absolute Gasteiger partial charge is 0.161 e. The fraction of sp³-hybridized carbons (Fsp3) is 0.571. The maximum absolute atomic E-state index is 13.9. The Morgan fingerprint density at radius 1 is 1.16 bits per heavy atom. The molecule has 1 aromatic carbocycles. The monoisotopic (exact) mass is 270 g/mol. The molecule has 2 fully saturated rings. The van der Waals surface area contributed by atoms with Crippen LogP contribution in [0.15, 0.2) is 12.1 Å². The van der Waals surface area contributed by atoms with Crippen molar-refractivity contribution in [1.29, 1.82) is 0 Å². The molecule has 1 aliphatic heterocycles. The Hall–Kier alpha value is -1.07. The van der Waals surface area contributed by atoms with Crippen molar-refractivity contribution in [3.8, 4) is 0 Å². The summed E-state index contributed by atoms with van der Waals surface area (Å²) >= 11 is 0. The predicted molar refractivity (Wildman–Crippen MR) is 65.9 cm³/mol. The van der Waals surface area contributed by atoms with E-state index in [2.05, 4.69) is 4.90 Å². The van der Waals surface area contributed by atoms with Gasteiger partial charge in [0.15, 0.2) is 11.6 Å². The summed E-state index contributed by atoms with van der Waals surface area (Å²) in [6, 6.07) is 1.62. The number of nitrogens with two attached hydrogens (primary N) is 1. The summed E-state index contributed by atoms with van der Waals surface area (Å²) in [6.07, 6.45) is 3.41. The number of benzene rings is 1. The lowest BCUT2D eigenvalue weighted by atomic mass is 10.0. The molecule has 1 aromatic rings. The Morgan fingerprint density at radius 3 is 2.47 bits per heavy atom. The van der Waals surface area contributed by atoms with E-state index >= 15 is 0 Å². The van der Waals surface area contributed by atoms with Gasteiger partial charge in [-0.25, -0.2) is 13.2 Å². The zero-order valence-electron chi connectivity index (χ0n) is 10.6. The Bertz CT molecular complexity index is 492. The van der Waals surface area contributed by atoms with Crippen LogP contribution < -0.4 is 5.73 Å². The first kappa shape index (κ1) is 12.9. The summed E-state index contributed by atoms with van der Waals surface area (Å²) in [7, 11) is 0. The van der Waals surface area contributed by atoms with Crippen LogP contribution in [0.2, 0.25) is 0 Å². The summed E-state index contributed by atoms with van der Waals surface area (Å²) in [5, 5.41) is 0. The van der Waals surface area contributed by atoms with E-state index in [0.29, 0.717) is 18.0 Å². The standard InChI is InChI=1S/C14H17F3N2/c15-11-5-13(17)12(16)4-10(11)14(6-18)19-7-8-1-2-9(19)3-8/h4-5,8-9,14H,1-3,6-7,18H2. The van der Waals surface area contributed by atoms with Gasteiger partial charge in [0.2, 0.25) is 0 Å². The van der Waals surface area contributed by atoms with E-state index in [1.54, 1.807) is 0 Å². The molecule has 19 heavy (non-hydrogen) atoms. The molecule has 0 aromatic heterocycles. The molecule has 104 valence electrons. The highest BCUT2D eigenvalue weighted by molar-refractivity contribution is 5.24. The maximum atomic E-state index is 13.9. The van der Waals surface area contributed by atoms with Crippen LogP contribution >= 0.6 is 0 Å². The van der Waals surface area contributed by atoms with E-state index in [1.165, 1.54) is 6.42 Å². The number of rotatable bonds is 3. The van der Waals surface area contributed by atoms with Crippen molar-refractivity contribution in [3.63, 3.8) is 0 Å². The van der Waals surface area contributed by atoms with Gasteiger partial charge in [-0.2, -0.15) is 0 Å². The number of piperidine rings is 1. The third-order valence-electron chi connectivity index (χ3n) is 4.47. The lowest BCUT2D eigenvalue weighted by Gasteiger charge is -2.34. The van der Waals surface area contributed by atoms with E-state index in [-0.39, 0.29) is 18.2 Å². The van der Waals surface area contributed by atoms with Crippen molar-refractivity contribution in [1.82, 2.24) is 4.90 Å². The van der Waals surface area contributed by atoms with Gasteiger partial charge in [-0.3, -0.25) is 4.90 Å². The van der Waals surface area contributed by atoms with Crippen molar-refractivity contribution in [2.45, 2.75) is 31.3 Å². The first-order chi connectivity index (χ1) is 9.10. The highest BCUT2D eigenvalue weighted by Crippen LogP contribution is 2.42. The highest BCUT2D eigenvalue weighted by Gasteiger charge is 2.41. The molecule has 2 N–H and O–H groups in total. The van der Waals surface area contributed by atoms with Gasteiger partial charge >= 0.3 is 0 Å². The zero-order valence-corrected chi connectivity index (χ0v) is 10.6. The maximum Gasteiger partial charge on any atom is 0.161 e. The molecule has 1 aliphatic carbocycles. The van der Waals surface area contributed by atoms with Gasteiger partial charge in [-0.05, 0) is 31.2 Å². The van der Waals surface area contributed by atoms with Crippen LogP contribution in [-0.2, 0) is 0 Å². The van der Waals surface area contributed by atoms with Crippen molar-refractivity contribution < 1.29 is 13.2 Å². The van der Waals surface area contributed by atoms with Crippen molar-refractivity contribution in [3.05, 3.63) is 35.1 Å². The zero-order chi connectivity index (χ0) is 13.6. The van der Waals surface area contributed by atoms with Crippen LogP contribution in [0.1, 0.15) is 30.9 Å². The molecule has 2 nitrogen and oxygen atoms in total. The van der Waals surface area contributed by atoms with Crippen LogP contribution in [0.25, 0.3) is 0 Å². The molecule has 0 amide bonds. The van der Waals surface area contributed by atoms with Gasteiger partial charge in [0.25, 0.3) is 0 Å². The fourth-order valence-electron chi connectivity index (χ4n) is 3.58. The Morgan fingerprint density at radius 2 is 1.89 bits per heavy atom. The average molecular weight is 270 g/mol. The normalized spacial score (nSPS) is 28.0. The van der Waals surface area contributed by atoms with Crippen LogP contribution in [0.5, 0.6) is 0 Å². The molecule has 0 spiro atoms. The van der Waals surface area contributed by atoms with Gasteiger partial charge < -0.3 is 5.73 Å². The first-order valence-corrected chi connectivity index (χ1v) is 6.70. The number of hydrogen-bond acceptors (Lipinski definition) is 2. The highest BCUT2D eigenvalue weighted by atomic mass is 19.2. The van der Waals surface area contributed by atoms with E-state index in [0.717, 1.165) is 25.5 Å². The summed E-state index contributed by atoms with van der Waals surface area (Å²) in [5.74, 6) is -2.23. The Balaban J connectivity index is 1.92. The van der Waals surface area contributed by atoms with E-state index in [4.69, 9.17) is 5.73 Å². The van der Waals surface area contributed by atoms with Gasteiger partial charge in [-0.1, -0.05) is 0 Å². The lowest BCUT2D eigenvalue weighted by molar-refractivity contribution is 0.150. The SMILES string of the molecule is NCC(c1cc(F)c(F)cc1F)N1CC2CCC1C2. The molecule has 5 heteroatoms. The predicted octanol–water partition coefficient (Wildman–Crippen LogP) is 2.59. The molecular weight excluding hydrogens is 253 g/mol. The van der Waals surface area contributed by atoms with Gasteiger partial charge in [-0.15, -0.1) is 0 Å². The van der Waals surface area contributed by atoms with Crippen molar-refractivity contribution >= 4 is 0 Å². The van der Waals surface area contributed by atoms with Crippen molar-refractivity contribution in [2.75, 3.05) is 13.1 Å². The molecule has 2 aliphatic rings. The van der Waals surface area contributed by atoms with Crippen LogP contribution in [0.3, 0.4) is 0 Å². The minimum atomic E-state index is -1.15. The number of hydrogen-bond donors (Lipinski definition) is 1. The minimum Gasteiger partial charge on any atom is -0.329 e. The Labute approximate surface area is 110 Å². The second-order valence-electron chi connectivity index (χ2n) is 5.57. The molecule has 1 saturated carbocycles. The van der Waals surface area contributed by atoms with Crippen molar-refractivity contribution in [2.24, 2.45) is 11.7 Å². The third kappa shape index (κ3) is 2.15. The number of fused-ring (bicyclic) bond motifs is 2. The first-order valence-electron chi connectivity index (χ1n) is 6.70. The molecule has 1 heterocycles. The van der Waals surface area contributed by atoms with E-state index in [9.17, 15) is 13.2 Å². The third-order valence-corrected chi connectivity index (χ3v) is 4.47. The topological polar surface area (TPSA) is 29.3 Å². The second kappa shape index (κ2) is 4.80. The van der Waals surface area contributed by atoms with Gasteiger partial charge in [0, 0.05) is 30.8 Å². The largest absolute Gasteiger partial charge is 0.329 e. The molecule has 0 radical (unpaired) electrons. The number of likely N-dealkylation sites (tertiary alicyclic amines) is 1. The number of nitrogens with zero attached hydrogens (tertiary/aromatic N) is 1. The van der Waals surface area contributed by atoms with Crippen LogP contribution in [0.4, 0.5) is 13.2 Å². The molecule has 2 bridgehead atoms. The van der Waals surface area contributed by atoms with E-state index < -0.39 is 17.5 Å². The quantitative estimate of drug-likeness (QED) is 0.855.